The molecular weight excluding hydrogens is 363 g/mol. The number of halogens is 8. The molecule has 2 aromatic rings. The molecule has 11 heteroatoms. The van der Waals surface area contributed by atoms with Gasteiger partial charge in [0.25, 0.3) is 0 Å². The molecule has 2 nitrogen and oxygen atoms in total. The molecule has 0 saturated carbocycles. The highest BCUT2D eigenvalue weighted by Crippen LogP contribution is 2.26. The Balaban J connectivity index is 2.74. The SMILES string of the molecule is COc1c(F)c(F)c(F)c(Bc2c(F)c(F)c(F)c(OC)c2F)c1F. The van der Waals surface area contributed by atoms with Crippen LogP contribution in [-0.2, 0) is 0 Å². The molecule has 2 rings (SSSR count). The molecule has 0 aliphatic heterocycles. The average molecular weight is 370 g/mol. The van der Waals surface area contributed by atoms with Crippen LogP contribution in [-0.4, -0.2) is 21.5 Å². The molecule has 0 atom stereocenters. The Morgan fingerprint density at radius 1 is 0.480 bits per heavy atom. The van der Waals surface area contributed by atoms with Gasteiger partial charge in [0, 0.05) is 0 Å². The molecule has 0 heterocycles. The second-order valence-corrected chi connectivity index (χ2v) is 4.71. The van der Waals surface area contributed by atoms with Gasteiger partial charge in [-0.3, -0.25) is 0 Å². The lowest BCUT2D eigenvalue weighted by molar-refractivity contribution is 0.337. The maximum absolute atomic E-state index is 14.1. The Morgan fingerprint density at radius 2 is 0.800 bits per heavy atom. The van der Waals surface area contributed by atoms with Gasteiger partial charge in [0.1, 0.15) is 0 Å². The van der Waals surface area contributed by atoms with E-state index in [2.05, 4.69) is 9.47 Å². The van der Waals surface area contributed by atoms with E-state index >= 15 is 0 Å². The molecular formula is C14H7BF8O2. The van der Waals surface area contributed by atoms with Crippen LogP contribution < -0.4 is 20.4 Å². The van der Waals surface area contributed by atoms with Gasteiger partial charge in [0.2, 0.25) is 18.9 Å². The number of methoxy groups -OCH3 is 2. The molecule has 0 N–H and O–H groups in total. The van der Waals surface area contributed by atoms with Crippen molar-refractivity contribution in [3.05, 3.63) is 46.5 Å². The van der Waals surface area contributed by atoms with Crippen LogP contribution >= 0.6 is 0 Å². The summed E-state index contributed by atoms with van der Waals surface area (Å²) in [4.78, 5) is 0. The van der Waals surface area contributed by atoms with E-state index in [9.17, 15) is 35.1 Å². The molecule has 0 radical (unpaired) electrons. The fourth-order valence-corrected chi connectivity index (χ4v) is 2.16. The monoisotopic (exact) mass is 370 g/mol. The van der Waals surface area contributed by atoms with Gasteiger partial charge >= 0.3 is 0 Å². The minimum absolute atomic E-state index is 0.740. The zero-order valence-electron chi connectivity index (χ0n) is 12.5. The highest BCUT2D eigenvalue weighted by atomic mass is 19.2. The van der Waals surface area contributed by atoms with Crippen molar-refractivity contribution in [1.82, 2.24) is 0 Å². The van der Waals surface area contributed by atoms with E-state index in [1.807, 2.05) is 0 Å². The van der Waals surface area contributed by atoms with E-state index in [4.69, 9.17) is 0 Å². The van der Waals surface area contributed by atoms with Gasteiger partial charge in [-0.05, 0) is 10.9 Å². The predicted molar refractivity (Wildman–Crippen MR) is 72.1 cm³/mol. The van der Waals surface area contributed by atoms with Crippen molar-refractivity contribution in [3.8, 4) is 11.5 Å². The van der Waals surface area contributed by atoms with Crippen molar-refractivity contribution in [2.24, 2.45) is 0 Å². The van der Waals surface area contributed by atoms with Crippen molar-refractivity contribution >= 4 is 18.2 Å². The van der Waals surface area contributed by atoms with Gasteiger partial charge in [0.15, 0.2) is 46.4 Å². The number of ether oxygens (including phenoxy) is 2. The van der Waals surface area contributed by atoms with Crippen LogP contribution in [0.1, 0.15) is 0 Å². The number of hydrogen-bond acceptors (Lipinski definition) is 2. The summed E-state index contributed by atoms with van der Waals surface area (Å²) in [7, 11) is 0.0746. The minimum atomic E-state index is -2.16. The summed E-state index contributed by atoms with van der Waals surface area (Å²) in [5.74, 6) is -18.8. The van der Waals surface area contributed by atoms with E-state index < -0.39 is 76.2 Å². The Bertz CT molecular complexity index is 787. The molecule has 0 aliphatic rings. The highest BCUT2D eigenvalue weighted by Gasteiger charge is 2.31. The Kier molecular flexibility index (Phi) is 5.14. The second kappa shape index (κ2) is 6.81. The first-order valence-corrected chi connectivity index (χ1v) is 6.44. The molecule has 0 saturated heterocycles. The second-order valence-electron chi connectivity index (χ2n) is 4.71. The summed E-state index contributed by atoms with van der Waals surface area (Å²) in [6.45, 7) is 0. The van der Waals surface area contributed by atoms with Crippen LogP contribution in [0.3, 0.4) is 0 Å². The first kappa shape index (κ1) is 18.9. The van der Waals surface area contributed by atoms with Gasteiger partial charge in [-0.2, -0.15) is 8.78 Å². The molecule has 0 fully saturated rings. The average Bonchev–Trinajstić information content (AvgIpc) is 2.58. The van der Waals surface area contributed by atoms with Gasteiger partial charge in [-0.1, -0.05) is 0 Å². The predicted octanol–water partition coefficient (Wildman–Crippen LogP) is 2.20. The Labute approximate surface area is 136 Å². The summed E-state index contributed by atoms with van der Waals surface area (Å²) < 4.78 is 118. The lowest BCUT2D eigenvalue weighted by Crippen LogP contribution is -2.38. The van der Waals surface area contributed by atoms with Crippen molar-refractivity contribution in [3.63, 3.8) is 0 Å². The van der Waals surface area contributed by atoms with Crippen molar-refractivity contribution in [1.29, 1.82) is 0 Å². The first-order chi connectivity index (χ1) is 11.7. The Hall–Kier alpha value is -2.46. The first-order valence-electron chi connectivity index (χ1n) is 6.44. The van der Waals surface area contributed by atoms with E-state index in [1.165, 1.54) is 0 Å². The van der Waals surface area contributed by atoms with Crippen molar-refractivity contribution in [2.75, 3.05) is 14.2 Å². The normalized spacial score (nSPS) is 10.8. The lowest BCUT2D eigenvalue weighted by Gasteiger charge is -2.13. The highest BCUT2D eigenvalue weighted by molar-refractivity contribution is 6.67. The van der Waals surface area contributed by atoms with E-state index in [0.717, 1.165) is 14.2 Å². The molecule has 0 bridgehead atoms. The molecule has 0 aromatic heterocycles. The Morgan fingerprint density at radius 3 is 1.08 bits per heavy atom. The third-order valence-electron chi connectivity index (χ3n) is 3.39. The van der Waals surface area contributed by atoms with Crippen LogP contribution in [0.5, 0.6) is 11.5 Å². The maximum atomic E-state index is 14.1. The lowest BCUT2D eigenvalue weighted by atomic mass is 9.62. The van der Waals surface area contributed by atoms with E-state index in [0.29, 0.717) is 0 Å². The zero-order chi connectivity index (χ0) is 19.0. The van der Waals surface area contributed by atoms with E-state index in [1.54, 1.807) is 0 Å². The summed E-state index contributed by atoms with van der Waals surface area (Å²) in [6, 6.07) is 0. The fraction of sp³-hybridized carbons (Fsp3) is 0.143. The molecule has 0 unspecified atom stereocenters. The van der Waals surface area contributed by atoms with Gasteiger partial charge in [0.05, 0.1) is 14.2 Å². The minimum Gasteiger partial charge on any atom is -0.491 e. The van der Waals surface area contributed by atoms with Gasteiger partial charge in [-0.15, -0.1) is 0 Å². The van der Waals surface area contributed by atoms with Crippen LogP contribution in [0.4, 0.5) is 35.1 Å². The zero-order valence-corrected chi connectivity index (χ0v) is 12.5. The summed E-state index contributed by atoms with van der Waals surface area (Å²) in [6.07, 6.45) is 0. The van der Waals surface area contributed by atoms with E-state index in [-0.39, 0.29) is 0 Å². The number of hydrogen-bond donors (Lipinski definition) is 0. The third-order valence-corrected chi connectivity index (χ3v) is 3.39. The molecule has 2 aromatic carbocycles. The molecule has 0 amide bonds. The molecule has 0 spiro atoms. The number of rotatable bonds is 4. The van der Waals surface area contributed by atoms with Gasteiger partial charge in [-0.25, -0.2) is 26.3 Å². The van der Waals surface area contributed by atoms with Gasteiger partial charge < -0.3 is 9.47 Å². The number of benzene rings is 2. The summed E-state index contributed by atoms with van der Waals surface area (Å²) in [5.41, 5.74) is -2.69. The van der Waals surface area contributed by atoms with Crippen LogP contribution in [0.2, 0.25) is 0 Å². The van der Waals surface area contributed by atoms with Crippen LogP contribution in [0, 0.1) is 46.5 Å². The quantitative estimate of drug-likeness (QED) is 0.356. The molecule has 25 heavy (non-hydrogen) atoms. The standard InChI is InChI=1S/C14H7BF8O2/c1-24-13-7(18)3(5(16)9(20)11(13)22)15-4-6(17)10(21)12(23)14(25-2)8(4)19/h15H,1-2H3. The smallest absolute Gasteiger partial charge is 0.208 e. The maximum Gasteiger partial charge on any atom is 0.208 e. The van der Waals surface area contributed by atoms with Crippen LogP contribution in [0.25, 0.3) is 0 Å². The third kappa shape index (κ3) is 2.87. The molecule has 0 aliphatic carbocycles. The van der Waals surface area contributed by atoms with Crippen LogP contribution in [0.15, 0.2) is 0 Å². The largest absolute Gasteiger partial charge is 0.491 e. The topological polar surface area (TPSA) is 18.5 Å². The molecule has 134 valence electrons. The van der Waals surface area contributed by atoms with Crippen molar-refractivity contribution < 1.29 is 44.6 Å². The summed E-state index contributed by atoms with van der Waals surface area (Å²) in [5, 5.41) is 0. The summed E-state index contributed by atoms with van der Waals surface area (Å²) >= 11 is 0. The van der Waals surface area contributed by atoms with Crippen molar-refractivity contribution in [2.45, 2.75) is 0 Å². The fourth-order valence-electron chi connectivity index (χ4n) is 2.16.